The number of hydrogen-bond donors (Lipinski definition) is 0. The molecule has 0 aliphatic rings. The van der Waals surface area contributed by atoms with Gasteiger partial charge in [-0.15, -0.1) is 11.6 Å². The van der Waals surface area contributed by atoms with E-state index in [2.05, 4.69) is 4.98 Å². The Bertz CT molecular complexity index is 630. The molecule has 0 aliphatic heterocycles. The molecule has 0 radical (unpaired) electrons. The molecule has 1 aromatic carbocycles. The van der Waals surface area contributed by atoms with Crippen LogP contribution >= 0.6 is 34.5 Å². The summed E-state index contributed by atoms with van der Waals surface area (Å²) < 4.78 is 5.52. The molecule has 0 saturated carbocycles. The van der Waals surface area contributed by atoms with Gasteiger partial charge in [0.1, 0.15) is 10.9 Å². The lowest BCUT2D eigenvalue weighted by atomic mass is 10.2. The molecule has 8 heteroatoms. The summed E-state index contributed by atoms with van der Waals surface area (Å²) in [5.41, 5.74) is 0.727. The topological polar surface area (TPSA) is 65.3 Å². The van der Waals surface area contributed by atoms with Crippen LogP contribution in [0.3, 0.4) is 0 Å². The number of nitro benzene ring substituents is 1. The fraction of sp³-hybridized carbons (Fsp3) is 0.182. The first-order chi connectivity index (χ1) is 9.01. The number of hydrogen-bond acceptors (Lipinski definition) is 5. The van der Waals surface area contributed by atoms with Crippen molar-refractivity contribution < 1.29 is 9.66 Å². The lowest BCUT2D eigenvalue weighted by Gasteiger charge is -2.04. The second-order valence-corrected chi connectivity index (χ2v) is 5.31. The molecular formula is C11H8Cl2N2O3S. The number of benzene rings is 1. The molecule has 0 amide bonds. The van der Waals surface area contributed by atoms with E-state index in [0.717, 1.165) is 5.56 Å². The molecule has 0 bridgehead atoms. The molecule has 5 nitrogen and oxygen atoms in total. The first kappa shape index (κ1) is 14.0. The van der Waals surface area contributed by atoms with E-state index in [4.69, 9.17) is 27.9 Å². The summed E-state index contributed by atoms with van der Waals surface area (Å²) in [4.78, 5) is 14.9. The normalized spacial score (nSPS) is 10.5. The first-order valence-corrected chi connectivity index (χ1v) is 6.88. The maximum atomic E-state index is 10.7. The van der Waals surface area contributed by atoms with Crippen LogP contribution in [0.5, 0.6) is 10.9 Å². The zero-order valence-corrected chi connectivity index (χ0v) is 12.1. The van der Waals surface area contributed by atoms with Gasteiger partial charge in [-0.3, -0.25) is 10.1 Å². The van der Waals surface area contributed by atoms with Gasteiger partial charge in [0.15, 0.2) is 0 Å². The number of rotatable bonds is 4. The monoisotopic (exact) mass is 318 g/mol. The van der Waals surface area contributed by atoms with Gasteiger partial charge in [0.05, 0.1) is 21.7 Å². The number of aromatic nitrogens is 1. The van der Waals surface area contributed by atoms with E-state index >= 15 is 0 Å². The fourth-order valence-corrected chi connectivity index (χ4v) is 2.68. The highest BCUT2D eigenvalue weighted by Gasteiger charge is 2.14. The van der Waals surface area contributed by atoms with Gasteiger partial charge in [0, 0.05) is 6.07 Å². The first-order valence-electron chi connectivity index (χ1n) is 5.15. The van der Waals surface area contributed by atoms with Crippen LogP contribution in [0, 0.1) is 17.0 Å². The van der Waals surface area contributed by atoms with Gasteiger partial charge in [-0.1, -0.05) is 22.9 Å². The highest BCUT2D eigenvalue weighted by molar-refractivity contribution is 7.14. The molecule has 1 heterocycles. The third-order valence-corrected chi connectivity index (χ3v) is 4.11. The average Bonchev–Trinajstić information content (AvgIpc) is 2.72. The molecule has 2 rings (SSSR count). The van der Waals surface area contributed by atoms with Crippen LogP contribution in [-0.2, 0) is 5.88 Å². The number of non-ortho nitro benzene ring substituents is 1. The van der Waals surface area contributed by atoms with Gasteiger partial charge in [-0.2, -0.15) is 4.98 Å². The second kappa shape index (κ2) is 5.73. The molecular weight excluding hydrogens is 311 g/mol. The van der Waals surface area contributed by atoms with Crippen LogP contribution in [0.1, 0.15) is 10.4 Å². The maximum absolute atomic E-state index is 10.7. The standard InChI is InChI=1S/C11H8Cl2N2O3S/c1-6-2-3-7(15(16)17)4-8(6)18-11-14-10(13)9(5-12)19-11/h2-4H,5H2,1H3. The molecule has 0 aliphatic carbocycles. The molecule has 0 atom stereocenters. The Morgan fingerprint density at radius 3 is 2.84 bits per heavy atom. The minimum Gasteiger partial charge on any atom is -0.430 e. The number of halogens is 2. The maximum Gasteiger partial charge on any atom is 0.280 e. The van der Waals surface area contributed by atoms with E-state index in [9.17, 15) is 10.1 Å². The summed E-state index contributed by atoms with van der Waals surface area (Å²) >= 11 is 12.8. The fourth-order valence-electron chi connectivity index (χ4n) is 1.35. The summed E-state index contributed by atoms with van der Waals surface area (Å²) in [7, 11) is 0. The number of nitrogens with zero attached hydrogens (tertiary/aromatic N) is 2. The quantitative estimate of drug-likeness (QED) is 0.471. The van der Waals surface area contributed by atoms with Crippen LogP contribution in [0.15, 0.2) is 18.2 Å². The van der Waals surface area contributed by atoms with Crippen molar-refractivity contribution >= 4 is 40.2 Å². The summed E-state index contributed by atoms with van der Waals surface area (Å²) in [6, 6.07) is 4.39. The van der Waals surface area contributed by atoms with Crippen LogP contribution in [-0.4, -0.2) is 9.91 Å². The highest BCUT2D eigenvalue weighted by Crippen LogP contribution is 2.35. The van der Waals surface area contributed by atoms with Crippen molar-refractivity contribution in [1.82, 2.24) is 4.98 Å². The van der Waals surface area contributed by atoms with Crippen LogP contribution < -0.4 is 4.74 Å². The zero-order valence-electron chi connectivity index (χ0n) is 9.72. The number of ether oxygens (including phenoxy) is 1. The summed E-state index contributed by atoms with van der Waals surface area (Å²) in [6.45, 7) is 1.79. The molecule has 0 unspecified atom stereocenters. The number of nitro groups is 1. The highest BCUT2D eigenvalue weighted by atomic mass is 35.5. The van der Waals surface area contributed by atoms with E-state index in [1.165, 1.54) is 23.5 Å². The Kier molecular flexibility index (Phi) is 4.24. The van der Waals surface area contributed by atoms with Crippen molar-refractivity contribution in [2.24, 2.45) is 0 Å². The summed E-state index contributed by atoms with van der Waals surface area (Å²) in [5.74, 6) is 0.620. The molecule has 0 N–H and O–H groups in total. The number of thiazole rings is 1. The van der Waals surface area contributed by atoms with Crippen molar-refractivity contribution in [1.29, 1.82) is 0 Å². The van der Waals surface area contributed by atoms with Gasteiger partial charge >= 0.3 is 0 Å². The number of alkyl halides is 1. The van der Waals surface area contributed by atoms with Crippen molar-refractivity contribution in [3.8, 4) is 10.9 Å². The Hall–Kier alpha value is -1.37. The SMILES string of the molecule is Cc1ccc([N+](=O)[O-])cc1Oc1nc(Cl)c(CCl)s1. The second-order valence-electron chi connectivity index (χ2n) is 3.64. The Balaban J connectivity index is 2.31. The van der Waals surface area contributed by atoms with Crippen molar-refractivity contribution in [2.75, 3.05) is 0 Å². The zero-order chi connectivity index (χ0) is 14.0. The molecule has 19 heavy (non-hydrogen) atoms. The molecule has 0 spiro atoms. The molecule has 0 saturated heterocycles. The third-order valence-electron chi connectivity index (χ3n) is 2.33. The van der Waals surface area contributed by atoms with Gasteiger partial charge in [0.25, 0.3) is 10.9 Å². The van der Waals surface area contributed by atoms with Crippen molar-refractivity contribution in [3.05, 3.63) is 43.9 Å². The summed E-state index contributed by atoms with van der Waals surface area (Å²) in [6.07, 6.45) is 0. The van der Waals surface area contributed by atoms with Gasteiger partial charge in [0.2, 0.25) is 0 Å². The van der Waals surface area contributed by atoms with Crippen molar-refractivity contribution in [2.45, 2.75) is 12.8 Å². The predicted molar refractivity (Wildman–Crippen MR) is 74.6 cm³/mol. The van der Waals surface area contributed by atoms with E-state index in [1.54, 1.807) is 13.0 Å². The molecule has 0 fully saturated rings. The minimum absolute atomic E-state index is 0.0409. The lowest BCUT2D eigenvalue weighted by molar-refractivity contribution is -0.384. The Morgan fingerprint density at radius 1 is 1.53 bits per heavy atom. The minimum atomic E-state index is -0.481. The van der Waals surface area contributed by atoms with E-state index in [1.807, 2.05) is 0 Å². The predicted octanol–water partition coefficient (Wildman–Crippen LogP) is 4.54. The molecule has 100 valence electrons. The third kappa shape index (κ3) is 3.15. The smallest absolute Gasteiger partial charge is 0.280 e. The van der Waals surface area contributed by atoms with Crippen LogP contribution in [0.25, 0.3) is 0 Å². The largest absolute Gasteiger partial charge is 0.430 e. The summed E-state index contributed by atoms with van der Waals surface area (Å²) in [5, 5.41) is 11.3. The Morgan fingerprint density at radius 2 is 2.26 bits per heavy atom. The van der Waals surface area contributed by atoms with Crippen LogP contribution in [0.4, 0.5) is 5.69 Å². The van der Waals surface area contributed by atoms with E-state index < -0.39 is 4.92 Å². The molecule has 2 aromatic rings. The lowest BCUT2D eigenvalue weighted by Crippen LogP contribution is -1.91. The van der Waals surface area contributed by atoms with E-state index in [0.29, 0.717) is 15.8 Å². The van der Waals surface area contributed by atoms with Crippen molar-refractivity contribution in [3.63, 3.8) is 0 Å². The molecule has 1 aromatic heterocycles. The van der Waals surface area contributed by atoms with E-state index in [-0.39, 0.29) is 16.7 Å². The van der Waals surface area contributed by atoms with Gasteiger partial charge in [-0.05, 0) is 18.6 Å². The van der Waals surface area contributed by atoms with Gasteiger partial charge < -0.3 is 4.74 Å². The van der Waals surface area contributed by atoms with Gasteiger partial charge in [-0.25, -0.2) is 0 Å². The average molecular weight is 319 g/mol. The van der Waals surface area contributed by atoms with Crippen LogP contribution in [0.2, 0.25) is 5.15 Å². The Labute approximate surface area is 122 Å². The number of aryl methyl sites for hydroxylation is 1.